The normalized spacial score (nSPS) is 10.2. The van der Waals surface area contributed by atoms with E-state index in [9.17, 15) is 14.0 Å². The van der Waals surface area contributed by atoms with Gasteiger partial charge in [0.25, 0.3) is 5.91 Å². The molecule has 0 aromatic heterocycles. The third kappa shape index (κ3) is 3.90. The second kappa shape index (κ2) is 7.12. The molecule has 0 radical (unpaired) electrons. The Balaban J connectivity index is 2.16. The molecule has 2 rings (SSSR count). The number of nitrogens with zero attached hydrogens (tertiary/aromatic N) is 1. The largest absolute Gasteiger partial charge is 0.345 e. The number of carbonyl (C=O) groups is 2. The van der Waals surface area contributed by atoms with Gasteiger partial charge in [-0.1, -0.05) is 12.1 Å². The maximum absolute atomic E-state index is 13.8. The van der Waals surface area contributed by atoms with E-state index < -0.39 is 17.8 Å². The molecule has 0 aliphatic heterocycles. The van der Waals surface area contributed by atoms with Crippen LogP contribution in [-0.4, -0.2) is 30.9 Å². The van der Waals surface area contributed by atoms with E-state index in [0.717, 1.165) is 17.2 Å². The molecular formula is C18H20FN3O2. The van der Waals surface area contributed by atoms with Crippen molar-refractivity contribution in [3.05, 3.63) is 58.9 Å². The molecule has 2 aromatic rings. The summed E-state index contributed by atoms with van der Waals surface area (Å²) in [5, 5.41) is 5.36. The first-order chi connectivity index (χ1) is 11.3. The molecule has 24 heavy (non-hydrogen) atoms. The van der Waals surface area contributed by atoms with Crippen LogP contribution in [0.25, 0.3) is 0 Å². The highest BCUT2D eigenvalue weighted by Crippen LogP contribution is 2.19. The van der Waals surface area contributed by atoms with E-state index in [1.54, 1.807) is 6.07 Å². The van der Waals surface area contributed by atoms with Crippen LogP contribution in [0.4, 0.5) is 20.6 Å². The Bertz CT molecular complexity index is 788. The van der Waals surface area contributed by atoms with Gasteiger partial charge in [-0.2, -0.15) is 0 Å². The number of anilines is 2. The number of hydrogen-bond donors (Lipinski definition) is 2. The molecular weight excluding hydrogens is 309 g/mol. The Morgan fingerprint density at radius 1 is 1.04 bits per heavy atom. The lowest BCUT2D eigenvalue weighted by molar-refractivity contribution is 0.0823. The first-order valence-corrected chi connectivity index (χ1v) is 7.45. The fourth-order valence-electron chi connectivity index (χ4n) is 2.18. The zero-order valence-corrected chi connectivity index (χ0v) is 14.1. The quantitative estimate of drug-likeness (QED) is 0.900. The Morgan fingerprint density at radius 2 is 1.75 bits per heavy atom. The maximum atomic E-state index is 13.8. The fourth-order valence-corrected chi connectivity index (χ4v) is 2.18. The summed E-state index contributed by atoms with van der Waals surface area (Å²) in [6, 6.07) is 9.03. The Hall–Kier alpha value is -2.89. The standard InChI is InChI=1S/C18H20FN3O2/c1-11-6-5-7-16(12(11)2)21-18(24)20-13-8-9-15(19)14(10-13)17(23)22(3)4/h5-10H,1-4H3,(H2,20,21,24). The van der Waals surface area contributed by atoms with E-state index in [1.165, 1.54) is 31.1 Å². The maximum Gasteiger partial charge on any atom is 0.323 e. The molecule has 0 spiro atoms. The Morgan fingerprint density at radius 3 is 2.42 bits per heavy atom. The highest BCUT2D eigenvalue weighted by molar-refractivity contribution is 6.01. The van der Waals surface area contributed by atoms with Crippen molar-refractivity contribution in [2.75, 3.05) is 24.7 Å². The number of carbonyl (C=O) groups excluding carboxylic acids is 2. The predicted molar refractivity (Wildman–Crippen MR) is 93.0 cm³/mol. The summed E-state index contributed by atoms with van der Waals surface area (Å²) in [5.41, 5.74) is 2.97. The van der Waals surface area contributed by atoms with Gasteiger partial charge >= 0.3 is 6.03 Å². The summed E-state index contributed by atoms with van der Waals surface area (Å²) in [6.45, 7) is 3.87. The highest BCUT2D eigenvalue weighted by Gasteiger charge is 2.15. The molecule has 5 nitrogen and oxygen atoms in total. The van der Waals surface area contributed by atoms with Crippen molar-refractivity contribution in [3.8, 4) is 0 Å². The number of rotatable bonds is 3. The van der Waals surface area contributed by atoms with Crippen LogP contribution >= 0.6 is 0 Å². The van der Waals surface area contributed by atoms with Gasteiger partial charge in [-0.05, 0) is 49.2 Å². The average molecular weight is 329 g/mol. The van der Waals surface area contributed by atoms with Crippen LogP contribution in [0.2, 0.25) is 0 Å². The van der Waals surface area contributed by atoms with Crippen molar-refractivity contribution >= 4 is 23.3 Å². The first kappa shape index (κ1) is 17.5. The molecule has 0 atom stereocenters. The zero-order valence-electron chi connectivity index (χ0n) is 14.1. The van der Waals surface area contributed by atoms with Crippen molar-refractivity contribution < 1.29 is 14.0 Å². The second-order valence-electron chi connectivity index (χ2n) is 5.72. The van der Waals surface area contributed by atoms with Gasteiger partial charge in [0.1, 0.15) is 5.82 Å². The van der Waals surface area contributed by atoms with Crippen molar-refractivity contribution in [2.45, 2.75) is 13.8 Å². The number of nitrogens with one attached hydrogen (secondary N) is 2. The number of halogens is 1. The number of aryl methyl sites for hydroxylation is 1. The number of benzene rings is 2. The molecule has 0 heterocycles. The molecule has 0 saturated heterocycles. The summed E-state index contributed by atoms with van der Waals surface area (Å²) < 4.78 is 13.8. The molecule has 3 amide bonds. The summed E-state index contributed by atoms with van der Waals surface area (Å²) in [7, 11) is 3.07. The number of hydrogen-bond acceptors (Lipinski definition) is 2. The summed E-state index contributed by atoms with van der Waals surface area (Å²) >= 11 is 0. The third-order valence-electron chi connectivity index (χ3n) is 3.71. The van der Waals surface area contributed by atoms with Crippen LogP contribution in [-0.2, 0) is 0 Å². The SMILES string of the molecule is Cc1cccc(NC(=O)Nc2ccc(F)c(C(=O)N(C)C)c2)c1C. The topological polar surface area (TPSA) is 61.4 Å². The lowest BCUT2D eigenvalue weighted by atomic mass is 10.1. The molecule has 2 N–H and O–H groups in total. The van der Waals surface area contributed by atoms with Gasteiger partial charge in [-0.3, -0.25) is 4.79 Å². The second-order valence-corrected chi connectivity index (χ2v) is 5.72. The highest BCUT2D eigenvalue weighted by atomic mass is 19.1. The molecule has 126 valence electrons. The molecule has 0 saturated carbocycles. The van der Waals surface area contributed by atoms with Gasteiger partial charge in [-0.15, -0.1) is 0 Å². The molecule has 6 heteroatoms. The minimum absolute atomic E-state index is 0.0930. The third-order valence-corrected chi connectivity index (χ3v) is 3.71. The molecule has 0 aliphatic carbocycles. The minimum atomic E-state index is -0.630. The molecule has 0 fully saturated rings. The summed E-state index contributed by atoms with van der Waals surface area (Å²) in [6.07, 6.45) is 0. The lowest BCUT2D eigenvalue weighted by Gasteiger charge is -2.14. The van der Waals surface area contributed by atoms with E-state index in [-0.39, 0.29) is 5.56 Å². The van der Waals surface area contributed by atoms with E-state index in [1.807, 2.05) is 26.0 Å². The van der Waals surface area contributed by atoms with Gasteiger partial charge < -0.3 is 15.5 Å². The number of urea groups is 1. The fraction of sp³-hybridized carbons (Fsp3) is 0.222. The molecule has 0 aliphatic rings. The monoisotopic (exact) mass is 329 g/mol. The Kier molecular flexibility index (Phi) is 5.18. The zero-order chi connectivity index (χ0) is 17.9. The van der Waals surface area contributed by atoms with Crippen molar-refractivity contribution in [1.82, 2.24) is 4.90 Å². The van der Waals surface area contributed by atoms with Crippen LogP contribution in [0.1, 0.15) is 21.5 Å². The molecule has 0 unspecified atom stereocenters. The Labute approximate surface area is 140 Å². The van der Waals surface area contributed by atoms with Crippen molar-refractivity contribution in [1.29, 1.82) is 0 Å². The predicted octanol–water partition coefficient (Wildman–Crippen LogP) is 3.79. The van der Waals surface area contributed by atoms with Gasteiger partial charge in [-0.25, -0.2) is 9.18 Å². The van der Waals surface area contributed by atoms with E-state index >= 15 is 0 Å². The van der Waals surface area contributed by atoms with Gasteiger partial charge in [0.15, 0.2) is 0 Å². The number of amides is 3. The first-order valence-electron chi connectivity index (χ1n) is 7.45. The van der Waals surface area contributed by atoms with Crippen LogP contribution in [0.15, 0.2) is 36.4 Å². The van der Waals surface area contributed by atoms with Crippen molar-refractivity contribution in [2.24, 2.45) is 0 Å². The van der Waals surface area contributed by atoms with Gasteiger partial charge in [0.2, 0.25) is 0 Å². The van der Waals surface area contributed by atoms with Crippen LogP contribution in [0.3, 0.4) is 0 Å². The minimum Gasteiger partial charge on any atom is -0.345 e. The summed E-state index contributed by atoms with van der Waals surface area (Å²) in [4.78, 5) is 25.3. The molecule has 0 bridgehead atoms. The average Bonchev–Trinajstić information content (AvgIpc) is 2.53. The van der Waals surface area contributed by atoms with Crippen LogP contribution in [0.5, 0.6) is 0 Å². The lowest BCUT2D eigenvalue weighted by Crippen LogP contribution is -2.24. The van der Waals surface area contributed by atoms with E-state index in [4.69, 9.17) is 0 Å². The smallest absolute Gasteiger partial charge is 0.323 e. The molecule has 2 aromatic carbocycles. The van der Waals surface area contributed by atoms with Crippen LogP contribution < -0.4 is 10.6 Å². The van der Waals surface area contributed by atoms with Crippen LogP contribution in [0, 0.1) is 19.7 Å². The van der Waals surface area contributed by atoms with E-state index in [0.29, 0.717) is 11.4 Å². The van der Waals surface area contributed by atoms with Gasteiger partial charge in [0.05, 0.1) is 5.56 Å². The van der Waals surface area contributed by atoms with E-state index in [2.05, 4.69) is 10.6 Å². The van der Waals surface area contributed by atoms with Gasteiger partial charge in [0, 0.05) is 25.5 Å². The van der Waals surface area contributed by atoms with Crippen molar-refractivity contribution in [3.63, 3.8) is 0 Å². The summed E-state index contributed by atoms with van der Waals surface area (Å²) in [5.74, 6) is -1.10.